The zero-order valence-corrected chi connectivity index (χ0v) is 21.2. The molecule has 4 aliphatic rings. The maximum Gasteiger partial charge on any atom is 0.250 e. The highest BCUT2D eigenvalue weighted by atomic mass is 19.3. The number of nitrogens with zero attached hydrogens (tertiary/aromatic N) is 1. The number of likely N-dealkylation sites (tertiary alicyclic amines) is 1. The van der Waals surface area contributed by atoms with Gasteiger partial charge in [-0.3, -0.25) is 4.79 Å². The molecule has 35 heavy (non-hydrogen) atoms. The van der Waals surface area contributed by atoms with E-state index in [2.05, 4.69) is 35.3 Å². The van der Waals surface area contributed by atoms with E-state index < -0.39 is 5.92 Å². The smallest absolute Gasteiger partial charge is 0.250 e. The van der Waals surface area contributed by atoms with Crippen LogP contribution in [0.15, 0.2) is 18.2 Å². The van der Waals surface area contributed by atoms with Gasteiger partial charge >= 0.3 is 0 Å². The van der Waals surface area contributed by atoms with Crippen LogP contribution in [0, 0.1) is 17.8 Å². The van der Waals surface area contributed by atoms with Crippen LogP contribution in [0.1, 0.15) is 69.4 Å². The predicted molar refractivity (Wildman–Crippen MR) is 131 cm³/mol. The van der Waals surface area contributed by atoms with Crippen molar-refractivity contribution in [2.24, 2.45) is 17.8 Å². The van der Waals surface area contributed by atoms with Crippen molar-refractivity contribution in [3.63, 3.8) is 0 Å². The number of fused-ring (bicyclic) bond motifs is 5. The molecular weight excluding hydrogens is 450 g/mol. The first-order chi connectivity index (χ1) is 16.8. The number of nitrogens with one attached hydrogen (secondary N) is 1. The minimum atomic E-state index is -2.49. The summed E-state index contributed by atoms with van der Waals surface area (Å²) < 4.78 is 39.0. The van der Waals surface area contributed by atoms with Gasteiger partial charge in [0.15, 0.2) is 0 Å². The predicted octanol–water partition coefficient (Wildman–Crippen LogP) is 4.78. The van der Waals surface area contributed by atoms with Crippen LogP contribution >= 0.6 is 0 Å². The van der Waals surface area contributed by atoms with E-state index in [9.17, 15) is 13.6 Å². The molecule has 2 heterocycles. The normalized spacial score (nSPS) is 33.9. The number of piperidine rings is 1. The summed E-state index contributed by atoms with van der Waals surface area (Å²) >= 11 is 0. The monoisotopic (exact) mass is 490 g/mol. The van der Waals surface area contributed by atoms with E-state index in [1.54, 1.807) is 0 Å². The summed E-state index contributed by atoms with van der Waals surface area (Å²) in [4.78, 5) is 14.9. The third kappa shape index (κ3) is 5.08. The first-order valence-electron chi connectivity index (χ1n) is 13.6. The Balaban J connectivity index is 1.19. The van der Waals surface area contributed by atoms with Gasteiger partial charge in [-0.1, -0.05) is 6.07 Å². The molecule has 1 saturated carbocycles. The van der Waals surface area contributed by atoms with Crippen molar-refractivity contribution in [1.29, 1.82) is 0 Å². The van der Waals surface area contributed by atoms with E-state index >= 15 is 0 Å². The average molecular weight is 491 g/mol. The highest BCUT2D eigenvalue weighted by molar-refractivity contribution is 5.79. The standard InChI is InChI=1S/C28H40F2N2O3/c1-3-31-26(33)24-18-35-27(2)10-9-22-21-8-6-20(17-19(21)5-7-23(22)25(24)27)34-16-4-13-32-14-11-28(29,30)12-15-32/h6,8,17,22-25H,3-5,7,9-16,18H2,1-2H3,(H,31,33)/t22-,23-,24+,25-,27+/m1/s1. The lowest BCUT2D eigenvalue weighted by Gasteiger charge is -2.49. The fourth-order valence-electron chi connectivity index (χ4n) is 7.27. The molecule has 1 amide bonds. The zero-order valence-electron chi connectivity index (χ0n) is 21.2. The van der Waals surface area contributed by atoms with E-state index in [0.717, 1.165) is 44.4 Å². The summed E-state index contributed by atoms with van der Waals surface area (Å²) in [6, 6.07) is 6.53. The molecule has 2 aliphatic carbocycles. The van der Waals surface area contributed by atoms with Crippen LogP contribution in [-0.2, 0) is 16.0 Å². The van der Waals surface area contributed by atoms with Crippen molar-refractivity contribution in [3.8, 4) is 5.75 Å². The average Bonchev–Trinajstić information content (AvgIpc) is 3.20. The van der Waals surface area contributed by atoms with Gasteiger partial charge in [0.2, 0.25) is 5.91 Å². The number of carbonyl (C=O) groups is 1. The number of halogens is 2. The van der Waals surface area contributed by atoms with Gasteiger partial charge in [0.25, 0.3) is 5.92 Å². The Labute approximate surface area is 207 Å². The number of hydrogen-bond donors (Lipinski definition) is 1. The summed E-state index contributed by atoms with van der Waals surface area (Å²) in [6.07, 6.45) is 4.96. The summed E-state index contributed by atoms with van der Waals surface area (Å²) in [5, 5.41) is 3.04. The highest BCUT2D eigenvalue weighted by Gasteiger charge is 2.57. The van der Waals surface area contributed by atoms with Gasteiger partial charge in [-0.25, -0.2) is 8.78 Å². The maximum atomic E-state index is 13.3. The minimum absolute atomic E-state index is 0.0308. The molecule has 0 spiro atoms. The molecule has 0 unspecified atom stereocenters. The van der Waals surface area contributed by atoms with E-state index in [1.807, 2.05) is 6.92 Å². The number of amides is 1. The number of carbonyl (C=O) groups excluding carboxylic acids is 1. The largest absolute Gasteiger partial charge is 0.494 e. The van der Waals surface area contributed by atoms with Gasteiger partial charge < -0.3 is 19.7 Å². The molecule has 2 saturated heterocycles. The number of alkyl halides is 2. The molecule has 5 rings (SSSR count). The van der Waals surface area contributed by atoms with Gasteiger partial charge in [-0.2, -0.15) is 0 Å². The van der Waals surface area contributed by atoms with Crippen LogP contribution < -0.4 is 10.1 Å². The Morgan fingerprint density at radius 1 is 1.23 bits per heavy atom. The quantitative estimate of drug-likeness (QED) is 0.559. The number of ether oxygens (including phenoxy) is 2. The maximum absolute atomic E-state index is 13.3. The van der Waals surface area contributed by atoms with Crippen molar-refractivity contribution in [3.05, 3.63) is 29.3 Å². The molecule has 1 aromatic rings. The van der Waals surface area contributed by atoms with Crippen molar-refractivity contribution in [2.45, 2.75) is 76.2 Å². The molecule has 7 heteroatoms. The first kappa shape index (κ1) is 24.9. The summed E-state index contributed by atoms with van der Waals surface area (Å²) in [7, 11) is 0. The summed E-state index contributed by atoms with van der Waals surface area (Å²) in [6.45, 7) is 7.74. The minimum Gasteiger partial charge on any atom is -0.494 e. The van der Waals surface area contributed by atoms with Gasteiger partial charge in [-0.05, 0) is 81.0 Å². The Bertz CT molecular complexity index is 915. The number of benzene rings is 1. The number of hydrogen-bond acceptors (Lipinski definition) is 4. The Hall–Kier alpha value is -1.73. The fraction of sp³-hybridized carbons (Fsp3) is 0.750. The van der Waals surface area contributed by atoms with E-state index in [0.29, 0.717) is 44.7 Å². The molecular formula is C28H40F2N2O3. The van der Waals surface area contributed by atoms with Crippen LogP contribution in [0.2, 0.25) is 0 Å². The number of aryl methyl sites for hydroxylation is 1. The SMILES string of the molecule is CCNC(=O)[C@H]1CO[C@@]2(C)CC[C@@H]3c4ccc(OCCCN5CCC(F)(F)CC5)cc4CC[C@H]3[C@H]12. The molecule has 3 fully saturated rings. The van der Waals surface area contributed by atoms with Crippen LogP contribution in [0.4, 0.5) is 8.78 Å². The Morgan fingerprint density at radius 3 is 2.80 bits per heavy atom. The molecule has 5 nitrogen and oxygen atoms in total. The van der Waals surface area contributed by atoms with Crippen LogP contribution in [0.3, 0.4) is 0 Å². The molecule has 2 aliphatic heterocycles. The highest BCUT2D eigenvalue weighted by Crippen LogP contribution is 2.57. The van der Waals surface area contributed by atoms with Crippen molar-refractivity contribution in [1.82, 2.24) is 10.2 Å². The zero-order chi connectivity index (χ0) is 24.6. The molecule has 0 bridgehead atoms. The van der Waals surface area contributed by atoms with Gasteiger partial charge in [0.05, 0.1) is 24.7 Å². The molecule has 1 N–H and O–H groups in total. The van der Waals surface area contributed by atoms with Gasteiger partial charge in [0, 0.05) is 44.9 Å². The Kier molecular flexibility index (Phi) is 7.10. The second-order valence-electron chi connectivity index (χ2n) is 11.3. The van der Waals surface area contributed by atoms with Crippen LogP contribution in [0.25, 0.3) is 0 Å². The molecule has 1 aromatic carbocycles. The second-order valence-corrected chi connectivity index (χ2v) is 11.3. The van der Waals surface area contributed by atoms with E-state index in [1.165, 1.54) is 11.1 Å². The first-order valence-corrected chi connectivity index (χ1v) is 13.6. The van der Waals surface area contributed by atoms with Gasteiger partial charge in [-0.15, -0.1) is 0 Å². The molecule has 0 radical (unpaired) electrons. The topological polar surface area (TPSA) is 50.8 Å². The lowest BCUT2D eigenvalue weighted by Crippen LogP contribution is -2.49. The summed E-state index contributed by atoms with van der Waals surface area (Å²) in [5.41, 5.74) is 2.60. The molecule has 194 valence electrons. The van der Waals surface area contributed by atoms with Crippen LogP contribution in [-0.4, -0.2) is 61.7 Å². The van der Waals surface area contributed by atoms with E-state index in [4.69, 9.17) is 9.47 Å². The van der Waals surface area contributed by atoms with Gasteiger partial charge in [0.1, 0.15) is 5.75 Å². The van der Waals surface area contributed by atoms with Crippen molar-refractivity contribution < 1.29 is 23.0 Å². The van der Waals surface area contributed by atoms with Crippen molar-refractivity contribution >= 4 is 5.91 Å². The third-order valence-corrected chi connectivity index (χ3v) is 9.08. The number of rotatable bonds is 7. The molecule has 5 atom stereocenters. The van der Waals surface area contributed by atoms with Crippen LogP contribution in [0.5, 0.6) is 5.75 Å². The third-order valence-electron chi connectivity index (χ3n) is 9.08. The summed E-state index contributed by atoms with van der Waals surface area (Å²) in [5.74, 6) is -0.275. The lowest BCUT2D eigenvalue weighted by atomic mass is 9.56. The Morgan fingerprint density at radius 2 is 2.03 bits per heavy atom. The van der Waals surface area contributed by atoms with Crippen molar-refractivity contribution in [2.75, 3.05) is 39.4 Å². The fourth-order valence-corrected chi connectivity index (χ4v) is 7.27. The van der Waals surface area contributed by atoms with E-state index in [-0.39, 0.29) is 36.2 Å². The second kappa shape index (κ2) is 9.97. The molecule has 0 aromatic heterocycles. The lowest BCUT2D eigenvalue weighted by molar-refractivity contribution is -0.127.